The van der Waals surface area contributed by atoms with Crippen molar-refractivity contribution in [2.45, 2.75) is 37.6 Å². The van der Waals surface area contributed by atoms with Gasteiger partial charge in [-0.05, 0) is 31.2 Å². The maximum absolute atomic E-state index is 12.9. The molecule has 0 spiro atoms. The van der Waals surface area contributed by atoms with E-state index in [1.165, 1.54) is 31.2 Å². The van der Waals surface area contributed by atoms with Crippen molar-refractivity contribution in [3.63, 3.8) is 0 Å². The molecule has 1 saturated heterocycles. The van der Waals surface area contributed by atoms with Crippen LogP contribution >= 0.6 is 0 Å². The van der Waals surface area contributed by atoms with E-state index >= 15 is 0 Å². The first kappa shape index (κ1) is 20.9. The van der Waals surface area contributed by atoms with Crippen molar-refractivity contribution in [1.29, 1.82) is 0 Å². The van der Waals surface area contributed by atoms with Gasteiger partial charge in [0.2, 0.25) is 17.5 Å². The molecule has 1 aliphatic rings. The summed E-state index contributed by atoms with van der Waals surface area (Å²) in [5.41, 5.74) is -0.699. The van der Waals surface area contributed by atoms with Crippen LogP contribution in [0.5, 0.6) is 23.0 Å². The number of aliphatic hydroxyl groups is 3. The summed E-state index contributed by atoms with van der Waals surface area (Å²) in [7, 11) is 0. The molecule has 4 rings (SSSR count). The number of benzene rings is 2. The third-order valence-corrected chi connectivity index (χ3v) is 5.10. The Kier molecular flexibility index (Phi) is 5.23. The number of ether oxygens (including phenoxy) is 2. The van der Waals surface area contributed by atoms with Crippen molar-refractivity contribution >= 4 is 11.0 Å². The van der Waals surface area contributed by atoms with E-state index in [1.807, 2.05) is 0 Å². The summed E-state index contributed by atoms with van der Waals surface area (Å²) >= 11 is 0. The first-order valence-electron chi connectivity index (χ1n) is 9.36. The maximum Gasteiger partial charge on any atom is 0.238 e. The molecule has 0 amide bonds. The Balaban J connectivity index is 1.81. The first-order chi connectivity index (χ1) is 14.7. The number of fused-ring (bicyclic) bond motifs is 1. The van der Waals surface area contributed by atoms with E-state index in [4.69, 9.17) is 13.9 Å². The Bertz CT molecular complexity index is 1170. The van der Waals surface area contributed by atoms with Crippen LogP contribution in [0.25, 0.3) is 22.3 Å². The fraction of sp³-hybridized carbons (Fsp3) is 0.286. The van der Waals surface area contributed by atoms with Gasteiger partial charge in [-0.25, -0.2) is 0 Å². The van der Waals surface area contributed by atoms with Gasteiger partial charge in [-0.3, -0.25) is 4.79 Å². The van der Waals surface area contributed by atoms with Crippen LogP contribution in [0.1, 0.15) is 6.92 Å². The molecule has 1 aromatic heterocycles. The molecule has 0 aliphatic carbocycles. The van der Waals surface area contributed by atoms with E-state index in [0.29, 0.717) is 5.56 Å². The lowest BCUT2D eigenvalue weighted by atomic mass is 10.00. The zero-order valence-corrected chi connectivity index (χ0v) is 16.2. The summed E-state index contributed by atoms with van der Waals surface area (Å²) in [5.74, 6) is -1.55. The molecule has 10 heteroatoms. The van der Waals surface area contributed by atoms with Gasteiger partial charge in [0.25, 0.3) is 0 Å². The third-order valence-electron chi connectivity index (χ3n) is 5.10. The number of phenols is 2. The minimum absolute atomic E-state index is 0.0210. The average molecular weight is 432 g/mol. The van der Waals surface area contributed by atoms with Crippen molar-refractivity contribution in [2.24, 2.45) is 0 Å². The van der Waals surface area contributed by atoms with Crippen LogP contribution in [0, 0.1) is 0 Å². The van der Waals surface area contributed by atoms with Crippen LogP contribution in [-0.2, 0) is 4.74 Å². The highest BCUT2D eigenvalue weighted by molar-refractivity contribution is 5.88. The minimum atomic E-state index is -1.65. The van der Waals surface area contributed by atoms with Gasteiger partial charge in [-0.1, -0.05) is 0 Å². The standard InChI is InChI=1S/C21H20O10/c1-8-15(24)17(26)19(28)21(29-8)31-13-7-11(23)6-12-14(13)16(25)18(27)20(30-12)9-2-4-10(22)5-3-9/h2-8,15,17,19,21-24,26-28H,1H3. The Morgan fingerprint density at radius 1 is 0.903 bits per heavy atom. The maximum atomic E-state index is 12.9. The van der Waals surface area contributed by atoms with Gasteiger partial charge in [0.05, 0.1) is 6.10 Å². The summed E-state index contributed by atoms with van der Waals surface area (Å²) in [5, 5.41) is 59.7. The number of hydrogen-bond acceptors (Lipinski definition) is 10. The summed E-state index contributed by atoms with van der Waals surface area (Å²) < 4.78 is 16.5. The molecule has 31 heavy (non-hydrogen) atoms. The number of rotatable bonds is 3. The van der Waals surface area contributed by atoms with Crippen molar-refractivity contribution in [2.75, 3.05) is 0 Å². The molecule has 2 heterocycles. The summed E-state index contributed by atoms with van der Waals surface area (Å²) in [6, 6.07) is 7.76. The predicted octanol–water partition coefficient (Wildman–Crippen LogP) is 0.783. The molecule has 6 N–H and O–H groups in total. The Hall–Kier alpha value is -3.31. The number of phenolic OH excluding ortho intramolecular Hbond substituents is 2. The van der Waals surface area contributed by atoms with E-state index in [2.05, 4.69) is 0 Å². The van der Waals surface area contributed by atoms with Crippen LogP contribution < -0.4 is 10.2 Å². The molecule has 164 valence electrons. The second-order valence-electron chi connectivity index (χ2n) is 7.27. The lowest BCUT2D eigenvalue weighted by molar-refractivity contribution is -0.267. The molecule has 3 aromatic rings. The van der Waals surface area contributed by atoms with E-state index in [-0.39, 0.29) is 34.0 Å². The molecule has 10 nitrogen and oxygen atoms in total. The van der Waals surface area contributed by atoms with E-state index in [0.717, 1.165) is 12.1 Å². The summed E-state index contributed by atoms with van der Waals surface area (Å²) in [4.78, 5) is 12.9. The first-order valence-corrected chi connectivity index (χ1v) is 9.36. The highest BCUT2D eigenvalue weighted by Crippen LogP contribution is 2.37. The second-order valence-corrected chi connectivity index (χ2v) is 7.27. The van der Waals surface area contributed by atoms with Gasteiger partial charge in [0.1, 0.15) is 46.5 Å². The fourth-order valence-electron chi connectivity index (χ4n) is 3.40. The van der Waals surface area contributed by atoms with Crippen LogP contribution in [-0.4, -0.2) is 61.3 Å². The van der Waals surface area contributed by atoms with E-state index < -0.39 is 41.9 Å². The number of aliphatic hydroxyl groups excluding tert-OH is 3. The SMILES string of the molecule is CC1OC(Oc2cc(O)cc3oc(-c4ccc(O)cc4)c(O)c(=O)c23)C(O)C(O)C1O. The predicted molar refractivity (Wildman–Crippen MR) is 106 cm³/mol. The quantitative estimate of drug-likeness (QED) is 0.348. The Morgan fingerprint density at radius 2 is 1.58 bits per heavy atom. The van der Waals surface area contributed by atoms with Crippen molar-refractivity contribution in [1.82, 2.24) is 0 Å². The number of hydrogen-bond donors (Lipinski definition) is 6. The van der Waals surface area contributed by atoms with Crippen molar-refractivity contribution in [3.8, 4) is 34.3 Å². The Labute approximate surface area is 174 Å². The van der Waals surface area contributed by atoms with Gasteiger partial charge in [0.15, 0.2) is 5.76 Å². The molecule has 5 unspecified atom stereocenters. The smallest absolute Gasteiger partial charge is 0.238 e. The van der Waals surface area contributed by atoms with Gasteiger partial charge in [0, 0.05) is 17.7 Å². The van der Waals surface area contributed by atoms with Gasteiger partial charge in [-0.15, -0.1) is 0 Å². The monoisotopic (exact) mass is 432 g/mol. The minimum Gasteiger partial charge on any atom is -0.508 e. The molecule has 0 bridgehead atoms. The van der Waals surface area contributed by atoms with Gasteiger partial charge in [-0.2, -0.15) is 0 Å². The molecular weight excluding hydrogens is 412 g/mol. The third kappa shape index (κ3) is 3.66. The lowest BCUT2D eigenvalue weighted by Gasteiger charge is -2.38. The highest BCUT2D eigenvalue weighted by atomic mass is 16.7. The molecule has 5 atom stereocenters. The summed E-state index contributed by atoms with van der Waals surface area (Å²) in [6.07, 6.45) is -6.93. The number of aromatic hydroxyl groups is 3. The molecule has 0 saturated carbocycles. The molecule has 2 aromatic carbocycles. The van der Waals surface area contributed by atoms with Crippen molar-refractivity contribution in [3.05, 3.63) is 46.6 Å². The van der Waals surface area contributed by atoms with Crippen molar-refractivity contribution < 1.29 is 44.5 Å². The highest BCUT2D eigenvalue weighted by Gasteiger charge is 2.43. The van der Waals surface area contributed by atoms with E-state index in [1.54, 1.807) is 0 Å². The second kappa shape index (κ2) is 7.75. The molecule has 1 aliphatic heterocycles. The molecular formula is C21H20O10. The van der Waals surface area contributed by atoms with Gasteiger partial charge >= 0.3 is 0 Å². The van der Waals surface area contributed by atoms with Crippen LogP contribution in [0.4, 0.5) is 0 Å². The fourth-order valence-corrected chi connectivity index (χ4v) is 3.40. The van der Waals surface area contributed by atoms with Crippen LogP contribution in [0.15, 0.2) is 45.6 Å². The zero-order chi connectivity index (χ0) is 22.4. The van der Waals surface area contributed by atoms with Gasteiger partial charge < -0.3 is 44.5 Å². The average Bonchev–Trinajstić information content (AvgIpc) is 2.73. The normalized spacial score (nSPS) is 26.1. The molecule has 0 radical (unpaired) electrons. The van der Waals surface area contributed by atoms with E-state index in [9.17, 15) is 35.4 Å². The van der Waals surface area contributed by atoms with Crippen LogP contribution in [0.3, 0.4) is 0 Å². The Morgan fingerprint density at radius 3 is 2.26 bits per heavy atom. The topological polar surface area (TPSA) is 170 Å². The van der Waals surface area contributed by atoms with Crippen LogP contribution in [0.2, 0.25) is 0 Å². The largest absolute Gasteiger partial charge is 0.508 e. The summed E-state index contributed by atoms with van der Waals surface area (Å²) in [6.45, 7) is 1.46. The lowest BCUT2D eigenvalue weighted by Crippen LogP contribution is -2.58. The zero-order valence-electron chi connectivity index (χ0n) is 16.2. The molecule has 1 fully saturated rings.